The summed E-state index contributed by atoms with van der Waals surface area (Å²) in [6.45, 7) is 2.03. The van der Waals surface area contributed by atoms with Crippen LogP contribution in [0.15, 0.2) is 58.7 Å². The molecule has 2 N–H and O–H groups in total. The monoisotopic (exact) mass is 460 g/mol. The molecule has 4 rings (SSSR count). The first-order chi connectivity index (χ1) is 15.0. The van der Waals surface area contributed by atoms with Crippen LogP contribution in [-0.4, -0.2) is 67.2 Å². The summed E-state index contributed by atoms with van der Waals surface area (Å²) in [4.78, 5) is 19.8. The average Bonchev–Trinajstić information content (AvgIpc) is 3.22. The molecule has 1 aromatic carbocycles. The van der Waals surface area contributed by atoms with Crippen molar-refractivity contribution in [3.63, 3.8) is 0 Å². The Labute approximate surface area is 185 Å². The number of H-pyrrole nitrogens is 1. The summed E-state index contributed by atoms with van der Waals surface area (Å²) in [5, 5.41) is 4.69. The lowest BCUT2D eigenvalue weighted by Gasteiger charge is -2.25. The number of carbonyl (C=O) groups excluding carboxylic acids is 1. The topological polar surface area (TPSA) is 104 Å². The molecule has 0 unspecified atom stereocenters. The third-order valence-corrected chi connectivity index (χ3v) is 7.89. The number of ether oxygens (including phenoxy) is 1. The minimum absolute atomic E-state index is 0.0864. The van der Waals surface area contributed by atoms with E-state index < -0.39 is 10.0 Å². The molecule has 3 aromatic rings. The van der Waals surface area contributed by atoms with Gasteiger partial charge in [-0.1, -0.05) is 30.0 Å². The summed E-state index contributed by atoms with van der Waals surface area (Å²) in [5.74, 6) is 0.132. The zero-order valence-electron chi connectivity index (χ0n) is 16.9. The Morgan fingerprint density at radius 2 is 2.00 bits per heavy atom. The van der Waals surface area contributed by atoms with Gasteiger partial charge in [-0.05, 0) is 30.2 Å². The number of benzene rings is 1. The highest BCUT2D eigenvalue weighted by molar-refractivity contribution is 7.99. The third kappa shape index (κ3) is 5.27. The summed E-state index contributed by atoms with van der Waals surface area (Å²) in [6.07, 6.45) is 4.07. The van der Waals surface area contributed by atoms with Crippen LogP contribution in [0.2, 0.25) is 0 Å². The fourth-order valence-electron chi connectivity index (χ4n) is 3.41. The molecule has 1 amide bonds. The van der Waals surface area contributed by atoms with Crippen LogP contribution < -0.4 is 5.32 Å². The number of nitrogens with one attached hydrogen (secondary N) is 2. The van der Waals surface area contributed by atoms with Crippen LogP contribution >= 0.6 is 11.8 Å². The van der Waals surface area contributed by atoms with Gasteiger partial charge in [0.2, 0.25) is 15.9 Å². The predicted octanol–water partition coefficient (Wildman–Crippen LogP) is 2.03. The van der Waals surface area contributed by atoms with Crippen LogP contribution in [0, 0.1) is 0 Å². The predicted molar refractivity (Wildman–Crippen MR) is 120 cm³/mol. The summed E-state index contributed by atoms with van der Waals surface area (Å²) >= 11 is 1.28. The minimum Gasteiger partial charge on any atom is -0.379 e. The van der Waals surface area contributed by atoms with Gasteiger partial charge >= 0.3 is 0 Å². The number of aromatic amines is 1. The maximum atomic E-state index is 12.6. The molecule has 0 spiro atoms. The number of hydrogen-bond donors (Lipinski definition) is 2. The average molecular weight is 461 g/mol. The molecule has 10 heteroatoms. The van der Waals surface area contributed by atoms with Crippen LogP contribution in [0.1, 0.15) is 5.56 Å². The summed E-state index contributed by atoms with van der Waals surface area (Å²) < 4.78 is 31.9. The summed E-state index contributed by atoms with van der Waals surface area (Å²) in [6, 6.07) is 11.2. The second-order valence-electron chi connectivity index (χ2n) is 7.10. The van der Waals surface area contributed by atoms with Gasteiger partial charge in [-0.2, -0.15) is 4.31 Å². The van der Waals surface area contributed by atoms with Crippen molar-refractivity contribution in [3.8, 4) is 0 Å². The number of morpholine rings is 1. The Hall–Kier alpha value is -2.40. The molecular formula is C21H24N4O4S2. The van der Waals surface area contributed by atoms with Crippen molar-refractivity contribution in [2.75, 3.05) is 38.6 Å². The first-order valence-corrected chi connectivity index (χ1v) is 12.4. The van der Waals surface area contributed by atoms with Crippen molar-refractivity contribution in [1.82, 2.24) is 19.6 Å². The van der Waals surface area contributed by atoms with Crippen molar-refractivity contribution in [3.05, 3.63) is 54.4 Å². The van der Waals surface area contributed by atoms with Gasteiger partial charge in [0.05, 0.1) is 24.0 Å². The fourth-order valence-corrected chi connectivity index (χ4v) is 5.43. The van der Waals surface area contributed by atoms with E-state index in [1.54, 1.807) is 6.07 Å². The maximum Gasteiger partial charge on any atom is 0.244 e. The molecular weight excluding hydrogens is 436 g/mol. The number of pyridine rings is 1. The Bertz CT molecular complexity index is 1140. The highest BCUT2D eigenvalue weighted by Gasteiger charge is 2.26. The first-order valence-electron chi connectivity index (χ1n) is 10.0. The van der Waals surface area contributed by atoms with Crippen molar-refractivity contribution >= 4 is 38.6 Å². The van der Waals surface area contributed by atoms with E-state index >= 15 is 0 Å². The molecule has 164 valence electrons. The molecule has 2 aromatic heterocycles. The maximum absolute atomic E-state index is 12.6. The van der Waals surface area contributed by atoms with Gasteiger partial charge in [0.25, 0.3) is 0 Å². The number of fused-ring (bicyclic) bond motifs is 1. The molecule has 1 aliphatic rings. The lowest BCUT2D eigenvalue weighted by molar-refractivity contribution is -0.118. The van der Waals surface area contributed by atoms with Crippen LogP contribution in [0.5, 0.6) is 0 Å². The Morgan fingerprint density at radius 1 is 1.19 bits per heavy atom. The van der Waals surface area contributed by atoms with E-state index in [1.807, 2.05) is 24.4 Å². The summed E-state index contributed by atoms with van der Waals surface area (Å²) in [7, 11) is -3.56. The van der Waals surface area contributed by atoms with Gasteiger partial charge in [-0.3, -0.25) is 4.79 Å². The van der Waals surface area contributed by atoms with Crippen molar-refractivity contribution in [1.29, 1.82) is 0 Å². The van der Waals surface area contributed by atoms with Gasteiger partial charge in [0.1, 0.15) is 4.90 Å². The number of amides is 1. The number of carbonyl (C=O) groups is 1. The van der Waals surface area contributed by atoms with E-state index in [4.69, 9.17) is 4.74 Å². The van der Waals surface area contributed by atoms with Gasteiger partial charge < -0.3 is 15.0 Å². The lowest BCUT2D eigenvalue weighted by Crippen LogP contribution is -2.40. The number of rotatable bonds is 8. The standard InChI is InChI=1S/C21H24N4O4S2/c26-20(22-8-7-16-13-23-19-4-2-1-3-18(16)19)15-30-21-6-5-17(14-24-21)31(27,28)25-9-11-29-12-10-25/h1-6,13-14,23H,7-12,15H2,(H,22,26). The largest absolute Gasteiger partial charge is 0.379 e. The molecule has 3 heterocycles. The minimum atomic E-state index is -3.56. The first kappa shape index (κ1) is 21.8. The lowest BCUT2D eigenvalue weighted by atomic mass is 10.1. The molecule has 0 radical (unpaired) electrons. The number of aromatic nitrogens is 2. The van der Waals surface area contributed by atoms with Gasteiger partial charge in [-0.15, -0.1) is 0 Å². The van der Waals surface area contributed by atoms with E-state index in [-0.39, 0.29) is 16.6 Å². The van der Waals surface area contributed by atoms with E-state index in [1.165, 1.54) is 39.3 Å². The Kier molecular flexibility index (Phi) is 6.91. The molecule has 0 saturated carbocycles. The summed E-state index contributed by atoms with van der Waals surface area (Å²) in [5.41, 5.74) is 2.26. The molecule has 0 aliphatic carbocycles. The van der Waals surface area contributed by atoms with Crippen molar-refractivity contribution in [2.24, 2.45) is 0 Å². The molecule has 31 heavy (non-hydrogen) atoms. The highest BCUT2D eigenvalue weighted by atomic mass is 32.2. The number of sulfonamides is 1. The van der Waals surface area contributed by atoms with E-state index in [0.717, 1.165) is 11.9 Å². The fraction of sp³-hybridized carbons (Fsp3) is 0.333. The number of hydrogen-bond acceptors (Lipinski definition) is 6. The van der Waals surface area contributed by atoms with Gasteiger partial charge in [0, 0.05) is 42.9 Å². The van der Waals surface area contributed by atoms with Crippen LogP contribution in [0.25, 0.3) is 10.9 Å². The Morgan fingerprint density at radius 3 is 2.77 bits per heavy atom. The second kappa shape index (κ2) is 9.82. The van der Waals surface area contributed by atoms with E-state index in [9.17, 15) is 13.2 Å². The number of para-hydroxylation sites is 1. The molecule has 0 atom stereocenters. The number of nitrogens with zero attached hydrogens (tertiary/aromatic N) is 2. The van der Waals surface area contributed by atoms with Crippen molar-refractivity contribution < 1.29 is 17.9 Å². The molecule has 1 saturated heterocycles. The van der Waals surface area contributed by atoms with Gasteiger partial charge in [0.15, 0.2) is 0 Å². The quantitative estimate of drug-likeness (QED) is 0.499. The smallest absolute Gasteiger partial charge is 0.244 e. The second-order valence-corrected chi connectivity index (χ2v) is 10.0. The molecule has 0 bridgehead atoms. The van der Waals surface area contributed by atoms with E-state index in [2.05, 4.69) is 21.4 Å². The van der Waals surface area contributed by atoms with Crippen LogP contribution in [0.4, 0.5) is 0 Å². The third-order valence-electron chi connectivity index (χ3n) is 5.06. The zero-order valence-corrected chi connectivity index (χ0v) is 18.5. The van der Waals surface area contributed by atoms with Gasteiger partial charge in [-0.25, -0.2) is 13.4 Å². The molecule has 1 fully saturated rings. The van der Waals surface area contributed by atoms with Crippen LogP contribution in [0.3, 0.4) is 0 Å². The van der Waals surface area contributed by atoms with E-state index in [0.29, 0.717) is 37.9 Å². The molecule has 8 nitrogen and oxygen atoms in total. The SMILES string of the molecule is O=C(CSc1ccc(S(=O)(=O)N2CCOCC2)cn1)NCCc1c[nH]c2ccccc12. The van der Waals surface area contributed by atoms with Crippen LogP contribution in [-0.2, 0) is 26.0 Å². The van der Waals surface area contributed by atoms with Crippen molar-refractivity contribution in [2.45, 2.75) is 16.3 Å². The zero-order chi connectivity index (χ0) is 21.7. The molecule has 1 aliphatic heterocycles. The normalized spacial score (nSPS) is 15.2. The number of thioether (sulfide) groups is 1. The Balaban J connectivity index is 1.24. The highest BCUT2D eigenvalue weighted by Crippen LogP contribution is 2.21.